The Hall–Kier alpha value is -2.04. The average Bonchev–Trinajstić information content (AvgIpc) is 2.46. The molecule has 5 nitrogen and oxygen atoms in total. The predicted octanol–water partition coefficient (Wildman–Crippen LogP) is 3.90. The van der Waals surface area contributed by atoms with Crippen LogP contribution in [0.1, 0.15) is 52.5 Å². The minimum Gasteiger partial charge on any atom is -0.497 e. The van der Waals surface area contributed by atoms with Gasteiger partial charge in [-0.15, -0.1) is 0 Å². The van der Waals surface area contributed by atoms with Gasteiger partial charge in [0, 0.05) is 12.0 Å². The number of benzene rings is 1. The Balaban J connectivity index is 2.54. The summed E-state index contributed by atoms with van der Waals surface area (Å²) in [5, 5.41) is 0. The number of hydrogen-bond acceptors (Lipinski definition) is 4. The highest BCUT2D eigenvalue weighted by molar-refractivity contribution is 6.05. The lowest BCUT2D eigenvalue weighted by Gasteiger charge is -2.38. The van der Waals surface area contributed by atoms with Crippen LogP contribution in [0.2, 0.25) is 0 Å². The Bertz CT molecular complexity index is 618. The van der Waals surface area contributed by atoms with E-state index >= 15 is 0 Å². The Kier molecular flexibility index (Phi) is 4.68. The van der Waals surface area contributed by atoms with E-state index in [2.05, 4.69) is 0 Å². The summed E-state index contributed by atoms with van der Waals surface area (Å²) in [6, 6.07) is 4.92. The molecule has 2 unspecified atom stereocenters. The van der Waals surface area contributed by atoms with Crippen molar-refractivity contribution < 1.29 is 19.1 Å². The van der Waals surface area contributed by atoms with Gasteiger partial charge in [0.05, 0.1) is 18.8 Å². The van der Waals surface area contributed by atoms with Crippen LogP contribution in [-0.4, -0.2) is 30.6 Å². The Morgan fingerprint density at radius 1 is 1.30 bits per heavy atom. The van der Waals surface area contributed by atoms with E-state index < -0.39 is 17.7 Å². The number of carbonyl (C=O) groups excluding carboxylic acids is 2. The van der Waals surface area contributed by atoms with Crippen molar-refractivity contribution in [1.29, 1.82) is 0 Å². The highest BCUT2D eigenvalue weighted by Gasteiger charge is 2.41. The van der Waals surface area contributed by atoms with E-state index in [1.54, 1.807) is 20.1 Å². The fraction of sp³-hybridized carbons (Fsp3) is 0.556. The molecule has 0 aliphatic carbocycles. The molecule has 1 aliphatic rings. The van der Waals surface area contributed by atoms with Crippen LogP contribution in [0.25, 0.3) is 0 Å². The van der Waals surface area contributed by atoms with Gasteiger partial charge in [0.15, 0.2) is 5.78 Å². The van der Waals surface area contributed by atoms with Gasteiger partial charge in [-0.05, 0) is 45.7 Å². The van der Waals surface area contributed by atoms with E-state index in [0.29, 0.717) is 17.9 Å². The van der Waals surface area contributed by atoms with Crippen molar-refractivity contribution in [2.24, 2.45) is 0 Å². The van der Waals surface area contributed by atoms with E-state index in [-0.39, 0.29) is 11.7 Å². The van der Waals surface area contributed by atoms with E-state index in [9.17, 15) is 9.59 Å². The summed E-state index contributed by atoms with van der Waals surface area (Å²) in [5.41, 5.74) is 0.917. The summed E-state index contributed by atoms with van der Waals surface area (Å²) in [6.45, 7) is 9.15. The van der Waals surface area contributed by atoms with E-state index in [0.717, 1.165) is 5.56 Å². The molecular weight excluding hydrogens is 294 g/mol. The molecule has 2 rings (SSSR count). The number of ether oxygens (including phenoxy) is 2. The molecule has 0 aromatic heterocycles. The van der Waals surface area contributed by atoms with Crippen molar-refractivity contribution in [3.05, 3.63) is 23.8 Å². The van der Waals surface area contributed by atoms with Crippen LogP contribution < -0.4 is 9.64 Å². The summed E-state index contributed by atoms with van der Waals surface area (Å²) in [6.07, 6.45) is 0.187. The van der Waals surface area contributed by atoms with Crippen molar-refractivity contribution in [3.63, 3.8) is 0 Å². The van der Waals surface area contributed by atoms with Crippen LogP contribution in [-0.2, 0) is 9.53 Å². The molecular formula is C18H25NO4. The largest absolute Gasteiger partial charge is 0.497 e. The minimum absolute atomic E-state index is 0.0380. The molecule has 0 fully saturated rings. The molecule has 126 valence electrons. The highest BCUT2D eigenvalue weighted by Crippen LogP contribution is 2.40. The first-order valence-corrected chi connectivity index (χ1v) is 7.93. The first-order valence-electron chi connectivity index (χ1n) is 7.93. The number of methoxy groups -OCH3 is 1. The summed E-state index contributed by atoms with van der Waals surface area (Å²) >= 11 is 0. The van der Waals surface area contributed by atoms with E-state index in [1.165, 1.54) is 4.90 Å². The average molecular weight is 319 g/mol. The normalized spacial score (nSPS) is 21.0. The van der Waals surface area contributed by atoms with Crippen molar-refractivity contribution >= 4 is 17.6 Å². The molecule has 2 atom stereocenters. The van der Waals surface area contributed by atoms with Crippen LogP contribution in [0, 0.1) is 0 Å². The number of Topliss-reactive ketones (excluding diaryl/α,β-unsaturated/α-hetero) is 1. The summed E-state index contributed by atoms with van der Waals surface area (Å²) in [4.78, 5) is 26.8. The number of rotatable bonds is 2. The lowest BCUT2D eigenvalue weighted by Crippen LogP contribution is -2.50. The molecule has 1 aliphatic heterocycles. The summed E-state index contributed by atoms with van der Waals surface area (Å²) in [7, 11) is 1.58. The van der Waals surface area contributed by atoms with Gasteiger partial charge in [-0.1, -0.05) is 13.0 Å². The third-order valence-electron chi connectivity index (χ3n) is 4.01. The first-order chi connectivity index (χ1) is 10.7. The van der Waals surface area contributed by atoms with Crippen LogP contribution in [0.4, 0.5) is 10.5 Å². The maximum Gasteiger partial charge on any atom is 0.415 e. The van der Waals surface area contributed by atoms with Gasteiger partial charge in [-0.2, -0.15) is 0 Å². The summed E-state index contributed by atoms with van der Waals surface area (Å²) in [5.74, 6) is 0.481. The van der Waals surface area contributed by atoms with Crippen molar-refractivity contribution in [2.45, 2.75) is 58.6 Å². The van der Waals surface area contributed by atoms with Crippen LogP contribution in [0.5, 0.6) is 5.75 Å². The highest BCUT2D eigenvalue weighted by atomic mass is 16.6. The van der Waals surface area contributed by atoms with Crippen LogP contribution in [0.15, 0.2) is 18.2 Å². The van der Waals surface area contributed by atoms with Crippen molar-refractivity contribution in [2.75, 3.05) is 12.0 Å². The molecule has 5 heteroatoms. The molecule has 0 spiro atoms. The second-order valence-corrected chi connectivity index (χ2v) is 6.81. The molecule has 1 aromatic rings. The fourth-order valence-corrected chi connectivity index (χ4v) is 2.92. The standard InChI is InChI=1S/C18H25NO4/c1-7-13-14-9-8-12(22-6)10-15(14)19(11(2)16(13)20)17(21)23-18(3,4)5/h8-11,13H,7H2,1-6H3. The summed E-state index contributed by atoms with van der Waals surface area (Å²) < 4.78 is 10.8. The number of amides is 1. The van der Waals surface area contributed by atoms with Gasteiger partial charge in [-0.3, -0.25) is 9.69 Å². The zero-order valence-electron chi connectivity index (χ0n) is 14.7. The second kappa shape index (κ2) is 6.22. The quantitative estimate of drug-likeness (QED) is 0.829. The molecule has 0 bridgehead atoms. The van der Waals surface area contributed by atoms with Crippen molar-refractivity contribution in [3.8, 4) is 5.75 Å². The molecule has 1 aromatic carbocycles. The Morgan fingerprint density at radius 3 is 2.48 bits per heavy atom. The molecule has 23 heavy (non-hydrogen) atoms. The van der Waals surface area contributed by atoms with Crippen molar-refractivity contribution in [1.82, 2.24) is 0 Å². The zero-order chi connectivity index (χ0) is 17.4. The minimum atomic E-state index is -0.625. The lowest BCUT2D eigenvalue weighted by molar-refractivity contribution is -0.122. The topological polar surface area (TPSA) is 55.8 Å². The molecule has 0 saturated heterocycles. The zero-order valence-corrected chi connectivity index (χ0v) is 14.7. The number of ketones is 1. The SMILES string of the molecule is CCC1C(=O)C(C)N(C(=O)OC(C)(C)C)c2cc(OC)ccc21. The number of nitrogens with zero attached hydrogens (tertiary/aromatic N) is 1. The first kappa shape index (κ1) is 17.3. The monoisotopic (exact) mass is 319 g/mol. The van der Waals surface area contributed by atoms with Gasteiger partial charge >= 0.3 is 6.09 Å². The fourth-order valence-electron chi connectivity index (χ4n) is 2.92. The molecule has 0 N–H and O–H groups in total. The number of anilines is 1. The predicted molar refractivity (Wildman–Crippen MR) is 89.2 cm³/mol. The van der Waals surface area contributed by atoms with Crippen LogP contribution in [0.3, 0.4) is 0 Å². The Morgan fingerprint density at radius 2 is 1.96 bits per heavy atom. The molecule has 0 radical (unpaired) electrons. The van der Waals surface area contributed by atoms with Gasteiger partial charge in [-0.25, -0.2) is 4.79 Å². The van der Waals surface area contributed by atoms with E-state index in [1.807, 2.05) is 39.8 Å². The van der Waals surface area contributed by atoms with E-state index in [4.69, 9.17) is 9.47 Å². The second-order valence-electron chi connectivity index (χ2n) is 6.81. The molecule has 1 heterocycles. The Labute approximate surface area is 137 Å². The molecule has 1 amide bonds. The smallest absolute Gasteiger partial charge is 0.415 e. The third-order valence-corrected chi connectivity index (χ3v) is 4.01. The van der Waals surface area contributed by atoms with Gasteiger partial charge in [0.1, 0.15) is 11.4 Å². The van der Waals surface area contributed by atoms with Gasteiger partial charge in [0.2, 0.25) is 0 Å². The van der Waals surface area contributed by atoms with Gasteiger partial charge < -0.3 is 9.47 Å². The lowest BCUT2D eigenvalue weighted by atomic mass is 9.83. The third kappa shape index (κ3) is 3.33. The number of carbonyl (C=O) groups is 2. The number of fused-ring (bicyclic) bond motifs is 1. The molecule has 0 saturated carbocycles. The maximum absolute atomic E-state index is 12.7. The number of hydrogen-bond donors (Lipinski definition) is 0. The van der Waals surface area contributed by atoms with Crippen LogP contribution >= 0.6 is 0 Å². The van der Waals surface area contributed by atoms with Gasteiger partial charge in [0.25, 0.3) is 0 Å². The maximum atomic E-state index is 12.7.